The molecule has 1 N–H and O–H groups in total. The molecule has 7 nitrogen and oxygen atoms in total. The first-order valence-electron chi connectivity index (χ1n) is 12.0. The lowest BCUT2D eigenvalue weighted by Gasteiger charge is -2.30. The van der Waals surface area contributed by atoms with Gasteiger partial charge in [-0.3, -0.25) is 0 Å². The van der Waals surface area contributed by atoms with Crippen molar-refractivity contribution in [1.82, 2.24) is 25.1 Å². The Morgan fingerprint density at radius 1 is 1.06 bits per heavy atom. The normalized spacial score (nSPS) is 16.6. The predicted octanol–water partition coefficient (Wildman–Crippen LogP) is 5.05. The van der Waals surface area contributed by atoms with Crippen molar-refractivity contribution in [2.24, 2.45) is 0 Å². The fourth-order valence-corrected chi connectivity index (χ4v) is 4.68. The first-order chi connectivity index (χ1) is 16.9. The van der Waals surface area contributed by atoms with E-state index in [4.69, 9.17) is 0 Å². The summed E-state index contributed by atoms with van der Waals surface area (Å²) in [7, 11) is 2.13. The third kappa shape index (κ3) is 4.86. The zero-order valence-electron chi connectivity index (χ0n) is 20.2. The Hall–Kier alpha value is -3.46. The van der Waals surface area contributed by atoms with E-state index in [2.05, 4.69) is 37.4 Å². The van der Waals surface area contributed by atoms with Gasteiger partial charge in [-0.25, -0.2) is 18.7 Å². The summed E-state index contributed by atoms with van der Waals surface area (Å²) in [5, 5.41) is 11.7. The number of likely N-dealkylation sites (tertiary alicyclic amines) is 1. The minimum atomic E-state index is -0.624. The summed E-state index contributed by atoms with van der Waals surface area (Å²) in [6.45, 7) is 6.15. The Kier molecular flexibility index (Phi) is 6.42. The van der Waals surface area contributed by atoms with E-state index >= 15 is 0 Å². The average Bonchev–Trinajstić information content (AvgIpc) is 2.86. The van der Waals surface area contributed by atoms with Crippen molar-refractivity contribution in [3.05, 3.63) is 65.6 Å². The molecule has 1 fully saturated rings. The standard InChI is InChI=1S/C26H29F2N7/c1-16(2)35-10-4-5-19-20(27)13-18(14-23(19)35)25-21(28)15-29-26(31-25)30-24-7-6-22(32-33-24)17-8-11-34(3)12-9-17/h4,6-7,10,13-17H,5,8-9,11-12H2,1-3H3,(H,29,30,31,33). The van der Waals surface area contributed by atoms with E-state index in [-0.39, 0.29) is 23.5 Å². The van der Waals surface area contributed by atoms with Crippen LogP contribution in [0.25, 0.3) is 11.3 Å². The molecule has 4 heterocycles. The number of nitrogens with zero attached hydrogens (tertiary/aromatic N) is 6. The molecule has 2 aliphatic heterocycles. The van der Waals surface area contributed by atoms with Crippen LogP contribution in [0.2, 0.25) is 0 Å². The number of rotatable bonds is 5. The lowest BCUT2D eigenvalue weighted by molar-refractivity contribution is 0.253. The van der Waals surface area contributed by atoms with Crippen molar-refractivity contribution >= 4 is 17.5 Å². The van der Waals surface area contributed by atoms with Gasteiger partial charge in [0.25, 0.3) is 0 Å². The zero-order valence-corrected chi connectivity index (χ0v) is 20.2. The number of anilines is 3. The SMILES string of the molecule is CC(C)N1C=CCc2c(F)cc(-c3nc(Nc4ccc(C5CCN(C)CC5)nn4)ncc3F)cc21. The van der Waals surface area contributed by atoms with E-state index in [0.29, 0.717) is 29.3 Å². The largest absolute Gasteiger partial charge is 0.345 e. The van der Waals surface area contributed by atoms with Gasteiger partial charge in [0.2, 0.25) is 5.95 Å². The van der Waals surface area contributed by atoms with Gasteiger partial charge in [0.15, 0.2) is 11.6 Å². The predicted molar refractivity (Wildman–Crippen MR) is 133 cm³/mol. The van der Waals surface area contributed by atoms with Gasteiger partial charge in [-0.05, 0) is 77.5 Å². The van der Waals surface area contributed by atoms with E-state index in [1.807, 2.05) is 43.2 Å². The first-order valence-corrected chi connectivity index (χ1v) is 12.0. The summed E-state index contributed by atoms with van der Waals surface area (Å²) in [5.74, 6) is 0.0328. The van der Waals surface area contributed by atoms with Crippen molar-refractivity contribution in [2.45, 2.75) is 45.1 Å². The quantitative estimate of drug-likeness (QED) is 0.551. The monoisotopic (exact) mass is 477 g/mol. The number of hydrogen-bond donors (Lipinski definition) is 1. The maximum absolute atomic E-state index is 15.0. The van der Waals surface area contributed by atoms with E-state index in [9.17, 15) is 8.78 Å². The second-order valence-electron chi connectivity index (χ2n) is 9.48. The van der Waals surface area contributed by atoms with Crippen LogP contribution in [-0.4, -0.2) is 51.2 Å². The number of allylic oxidation sites excluding steroid dienone is 1. The molecule has 2 aliphatic rings. The molecule has 5 rings (SSSR count). The highest BCUT2D eigenvalue weighted by Gasteiger charge is 2.23. The van der Waals surface area contributed by atoms with Gasteiger partial charge in [0.1, 0.15) is 11.5 Å². The molecule has 35 heavy (non-hydrogen) atoms. The molecule has 1 aromatic carbocycles. The van der Waals surface area contributed by atoms with Crippen LogP contribution in [0.15, 0.2) is 42.7 Å². The van der Waals surface area contributed by atoms with E-state index in [1.165, 1.54) is 6.07 Å². The molecule has 9 heteroatoms. The topological polar surface area (TPSA) is 70.1 Å². The summed E-state index contributed by atoms with van der Waals surface area (Å²) < 4.78 is 29.7. The van der Waals surface area contributed by atoms with E-state index < -0.39 is 5.82 Å². The van der Waals surface area contributed by atoms with Crippen LogP contribution in [0.3, 0.4) is 0 Å². The molecule has 0 radical (unpaired) electrons. The van der Waals surface area contributed by atoms with Crippen molar-refractivity contribution in [3.8, 4) is 11.3 Å². The Bertz CT molecular complexity index is 1240. The summed E-state index contributed by atoms with van der Waals surface area (Å²) in [6, 6.07) is 7.04. The zero-order chi connectivity index (χ0) is 24.5. The van der Waals surface area contributed by atoms with Crippen LogP contribution in [-0.2, 0) is 6.42 Å². The maximum atomic E-state index is 15.0. The van der Waals surface area contributed by atoms with Crippen molar-refractivity contribution in [1.29, 1.82) is 0 Å². The molecule has 182 valence electrons. The Morgan fingerprint density at radius 2 is 1.86 bits per heavy atom. The molecule has 0 atom stereocenters. The number of nitrogens with one attached hydrogen (secondary N) is 1. The Morgan fingerprint density at radius 3 is 2.57 bits per heavy atom. The molecule has 3 aromatic rings. The van der Waals surface area contributed by atoms with Gasteiger partial charge in [0.05, 0.1) is 11.9 Å². The van der Waals surface area contributed by atoms with Crippen LogP contribution in [0.4, 0.5) is 26.2 Å². The van der Waals surface area contributed by atoms with Gasteiger partial charge in [0, 0.05) is 35.0 Å². The smallest absolute Gasteiger partial charge is 0.229 e. The highest BCUT2D eigenvalue weighted by molar-refractivity contribution is 5.72. The summed E-state index contributed by atoms with van der Waals surface area (Å²) >= 11 is 0. The van der Waals surface area contributed by atoms with Crippen molar-refractivity contribution in [3.63, 3.8) is 0 Å². The molecule has 0 saturated carbocycles. The highest BCUT2D eigenvalue weighted by Crippen LogP contribution is 2.35. The van der Waals surface area contributed by atoms with Crippen molar-refractivity contribution < 1.29 is 8.78 Å². The molecular weight excluding hydrogens is 448 g/mol. The van der Waals surface area contributed by atoms with E-state index in [0.717, 1.165) is 43.5 Å². The number of piperidine rings is 1. The molecule has 2 aromatic heterocycles. The molecule has 1 saturated heterocycles. The van der Waals surface area contributed by atoms with Gasteiger partial charge in [-0.1, -0.05) is 6.08 Å². The molecule has 0 aliphatic carbocycles. The average molecular weight is 478 g/mol. The van der Waals surface area contributed by atoms with Gasteiger partial charge >= 0.3 is 0 Å². The van der Waals surface area contributed by atoms with E-state index in [1.54, 1.807) is 6.07 Å². The fraction of sp³-hybridized carbons (Fsp3) is 0.385. The summed E-state index contributed by atoms with van der Waals surface area (Å²) in [5.41, 5.74) is 2.67. The van der Waals surface area contributed by atoms with Gasteiger partial charge in [-0.2, -0.15) is 5.10 Å². The number of benzene rings is 1. The molecule has 0 bridgehead atoms. The fourth-order valence-electron chi connectivity index (χ4n) is 4.68. The van der Waals surface area contributed by atoms with Gasteiger partial charge < -0.3 is 15.1 Å². The first kappa shape index (κ1) is 23.3. The maximum Gasteiger partial charge on any atom is 0.229 e. The van der Waals surface area contributed by atoms with Crippen LogP contribution in [0.1, 0.15) is 43.9 Å². The Labute approximate surface area is 203 Å². The lowest BCUT2D eigenvalue weighted by Crippen LogP contribution is -2.29. The summed E-state index contributed by atoms with van der Waals surface area (Å²) in [6.07, 6.45) is 7.57. The second kappa shape index (κ2) is 9.65. The van der Waals surface area contributed by atoms with Gasteiger partial charge in [-0.15, -0.1) is 5.10 Å². The van der Waals surface area contributed by atoms with Crippen LogP contribution in [0, 0.1) is 11.6 Å². The molecule has 0 unspecified atom stereocenters. The van der Waals surface area contributed by atoms with Crippen molar-refractivity contribution in [2.75, 3.05) is 30.4 Å². The van der Waals surface area contributed by atoms with Crippen LogP contribution in [0.5, 0.6) is 0 Å². The summed E-state index contributed by atoms with van der Waals surface area (Å²) in [4.78, 5) is 12.7. The molecule has 0 spiro atoms. The third-order valence-electron chi connectivity index (χ3n) is 6.67. The second-order valence-corrected chi connectivity index (χ2v) is 9.48. The third-order valence-corrected chi connectivity index (χ3v) is 6.67. The number of aromatic nitrogens is 4. The molecular formula is C26H29F2N7. The minimum absolute atomic E-state index is 0.0263. The van der Waals surface area contributed by atoms with Crippen LogP contribution >= 0.6 is 0 Å². The molecule has 0 amide bonds. The minimum Gasteiger partial charge on any atom is -0.345 e. The van der Waals surface area contributed by atoms with Crippen LogP contribution < -0.4 is 10.2 Å². The highest BCUT2D eigenvalue weighted by atomic mass is 19.1. The Balaban J connectivity index is 1.39. The number of hydrogen-bond acceptors (Lipinski definition) is 7. The lowest BCUT2D eigenvalue weighted by atomic mass is 9.94. The number of halogens is 2. The number of fused-ring (bicyclic) bond motifs is 1.